The zero-order chi connectivity index (χ0) is 17.3. The van der Waals surface area contributed by atoms with Crippen LogP contribution in [0.3, 0.4) is 0 Å². The lowest BCUT2D eigenvalue weighted by Crippen LogP contribution is -2.29. The Labute approximate surface area is 141 Å². The number of fused-ring (bicyclic) bond motifs is 1. The van der Waals surface area contributed by atoms with Crippen LogP contribution in [0.25, 0.3) is 11.0 Å². The van der Waals surface area contributed by atoms with E-state index in [9.17, 15) is 8.42 Å². The zero-order valence-corrected chi connectivity index (χ0v) is 14.6. The molecule has 0 aliphatic carbocycles. The molecule has 0 aliphatic rings. The zero-order valence-electron chi connectivity index (χ0n) is 13.8. The molecule has 1 aromatic heterocycles. The molecule has 0 spiro atoms. The van der Waals surface area contributed by atoms with Gasteiger partial charge in [-0.1, -0.05) is 18.2 Å². The van der Waals surface area contributed by atoms with Crippen LogP contribution in [0.1, 0.15) is 18.7 Å². The fourth-order valence-corrected chi connectivity index (χ4v) is 3.84. The molecular formula is C18H19NO4S. The summed E-state index contributed by atoms with van der Waals surface area (Å²) in [6.07, 6.45) is 0. The predicted octanol–water partition coefficient (Wildman–Crippen LogP) is 3.82. The molecule has 0 amide bonds. The van der Waals surface area contributed by atoms with Crippen LogP contribution in [-0.4, -0.2) is 26.9 Å². The van der Waals surface area contributed by atoms with Gasteiger partial charge in [-0.3, -0.25) is 0 Å². The number of hydrogen-bond donors (Lipinski definition) is 0. The van der Waals surface area contributed by atoms with Gasteiger partial charge in [-0.2, -0.15) is 4.31 Å². The number of nitrogens with zero attached hydrogens (tertiary/aromatic N) is 1. The molecular weight excluding hydrogens is 326 g/mol. The summed E-state index contributed by atoms with van der Waals surface area (Å²) in [6.45, 7) is 1.80. The second kappa shape index (κ2) is 6.30. The van der Waals surface area contributed by atoms with Crippen molar-refractivity contribution in [3.05, 3.63) is 60.4 Å². The summed E-state index contributed by atoms with van der Waals surface area (Å²) in [5.41, 5.74) is 0.745. The van der Waals surface area contributed by atoms with Crippen molar-refractivity contribution in [2.45, 2.75) is 17.9 Å². The average Bonchev–Trinajstić information content (AvgIpc) is 3.04. The minimum absolute atomic E-state index is 0.216. The first-order valence-corrected chi connectivity index (χ1v) is 8.98. The van der Waals surface area contributed by atoms with Crippen molar-refractivity contribution in [1.82, 2.24) is 4.31 Å². The molecule has 0 radical (unpaired) electrons. The van der Waals surface area contributed by atoms with Gasteiger partial charge in [0, 0.05) is 12.4 Å². The third-order valence-electron chi connectivity index (χ3n) is 4.14. The molecule has 0 bridgehead atoms. The van der Waals surface area contributed by atoms with Crippen molar-refractivity contribution in [2.24, 2.45) is 0 Å². The molecule has 1 atom stereocenters. The Hall–Kier alpha value is -2.31. The van der Waals surface area contributed by atoms with E-state index in [1.807, 2.05) is 30.3 Å². The van der Waals surface area contributed by atoms with Gasteiger partial charge in [0.1, 0.15) is 17.1 Å². The first-order valence-electron chi connectivity index (χ1n) is 7.54. The molecule has 6 heteroatoms. The maximum absolute atomic E-state index is 12.8. The summed E-state index contributed by atoms with van der Waals surface area (Å²) in [5.74, 6) is 1.22. The fourth-order valence-electron chi connectivity index (χ4n) is 2.51. The minimum atomic E-state index is -3.63. The van der Waals surface area contributed by atoms with Gasteiger partial charge >= 0.3 is 0 Å². The van der Waals surface area contributed by atoms with E-state index in [0.29, 0.717) is 11.5 Å². The van der Waals surface area contributed by atoms with Gasteiger partial charge in [-0.15, -0.1) is 0 Å². The lowest BCUT2D eigenvalue weighted by atomic mass is 10.2. The lowest BCUT2D eigenvalue weighted by molar-refractivity contribution is 0.348. The predicted molar refractivity (Wildman–Crippen MR) is 92.6 cm³/mol. The molecule has 1 unspecified atom stereocenters. The van der Waals surface area contributed by atoms with Crippen LogP contribution in [0.4, 0.5) is 0 Å². The lowest BCUT2D eigenvalue weighted by Gasteiger charge is -2.22. The van der Waals surface area contributed by atoms with Gasteiger partial charge in [0.2, 0.25) is 10.0 Å². The highest BCUT2D eigenvalue weighted by molar-refractivity contribution is 7.89. The van der Waals surface area contributed by atoms with Gasteiger partial charge in [0.15, 0.2) is 0 Å². The molecule has 3 rings (SSSR count). The van der Waals surface area contributed by atoms with Gasteiger partial charge in [-0.25, -0.2) is 8.42 Å². The van der Waals surface area contributed by atoms with E-state index in [2.05, 4.69) is 0 Å². The van der Waals surface area contributed by atoms with Crippen molar-refractivity contribution in [3.8, 4) is 5.75 Å². The van der Waals surface area contributed by atoms with Gasteiger partial charge < -0.3 is 9.15 Å². The smallest absolute Gasteiger partial charge is 0.243 e. The standard InChI is InChI=1S/C18H19NO4S/c1-13(18-12-14-6-4-5-7-17(14)23-18)19(2)24(20,21)16-10-8-15(22-3)9-11-16/h4-13H,1-3H3. The largest absolute Gasteiger partial charge is 0.497 e. The van der Waals surface area contributed by atoms with Crippen molar-refractivity contribution in [2.75, 3.05) is 14.2 Å². The quantitative estimate of drug-likeness (QED) is 0.705. The first-order chi connectivity index (χ1) is 11.4. The van der Waals surface area contributed by atoms with Crippen LogP contribution in [0.5, 0.6) is 5.75 Å². The normalized spacial score (nSPS) is 13.3. The summed E-state index contributed by atoms with van der Waals surface area (Å²) in [7, 11) is -0.537. The Bertz CT molecular complexity index is 912. The Balaban J connectivity index is 1.91. The van der Waals surface area contributed by atoms with Crippen LogP contribution in [0.15, 0.2) is 63.9 Å². The number of hydrogen-bond acceptors (Lipinski definition) is 4. The highest BCUT2D eigenvalue weighted by atomic mass is 32.2. The number of methoxy groups -OCH3 is 1. The Morgan fingerprint density at radius 3 is 2.38 bits per heavy atom. The second-order valence-corrected chi connectivity index (χ2v) is 7.56. The van der Waals surface area contributed by atoms with Crippen LogP contribution in [0.2, 0.25) is 0 Å². The fraction of sp³-hybridized carbons (Fsp3) is 0.222. The molecule has 24 heavy (non-hydrogen) atoms. The molecule has 0 N–H and O–H groups in total. The molecule has 1 heterocycles. The Morgan fingerprint density at radius 1 is 1.08 bits per heavy atom. The molecule has 0 fully saturated rings. The topological polar surface area (TPSA) is 59.8 Å². The highest BCUT2D eigenvalue weighted by Crippen LogP contribution is 2.30. The molecule has 0 aliphatic heterocycles. The van der Waals surface area contributed by atoms with E-state index in [1.165, 1.54) is 16.4 Å². The third kappa shape index (κ3) is 2.90. The maximum atomic E-state index is 12.8. The summed E-state index contributed by atoms with van der Waals surface area (Å²) >= 11 is 0. The molecule has 0 saturated carbocycles. The van der Waals surface area contributed by atoms with Gasteiger partial charge in [-0.05, 0) is 43.3 Å². The van der Waals surface area contributed by atoms with Crippen LogP contribution < -0.4 is 4.74 Å². The summed E-state index contributed by atoms with van der Waals surface area (Å²) in [6, 6.07) is 15.4. The molecule has 5 nitrogen and oxygen atoms in total. The molecule has 3 aromatic rings. The number of para-hydroxylation sites is 1. The number of sulfonamides is 1. The summed E-state index contributed by atoms with van der Waals surface area (Å²) < 4.78 is 37.8. The molecule has 2 aromatic carbocycles. The van der Waals surface area contributed by atoms with Crippen LogP contribution in [-0.2, 0) is 10.0 Å². The molecule has 126 valence electrons. The SMILES string of the molecule is COc1ccc(S(=O)(=O)N(C)C(C)c2cc3ccccc3o2)cc1. The second-order valence-electron chi connectivity index (χ2n) is 5.56. The van der Waals surface area contributed by atoms with E-state index in [4.69, 9.17) is 9.15 Å². The van der Waals surface area contributed by atoms with Gasteiger partial charge in [0.25, 0.3) is 0 Å². The first kappa shape index (κ1) is 16.5. The summed E-state index contributed by atoms with van der Waals surface area (Å²) in [5, 5.41) is 0.953. The summed E-state index contributed by atoms with van der Waals surface area (Å²) in [4.78, 5) is 0.216. The number of furan rings is 1. The minimum Gasteiger partial charge on any atom is -0.497 e. The van der Waals surface area contributed by atoms with Crippen molar-refractivity contribution >= 4 is 21.0 Å². The van der Waals surface area contributed by atoms with E-state index in [1.54, 1.807) is 33.2 Å². The number of ether oxygens (including phenoxy) is 1. The highest BCUT2D eigenvalue weighted by Gasteiger charge is 2.28. The van der Waals surface area contributed by atoms with Crippen molar-refractivity contribution in [1.29, 1.82) is 0 Å². The van der Waals surface area contributed by atoms with E-state index < -0.39 is 16.1 Å². The third-order valence-corrected chi connectivity index (χ3v) is 6.08. The monoisotopic (exact) mass is 345 g/mol. The number of rotatable bonds is 5. The maximum Gasteiger partial charge on any atom is 0.243 e. The molecule has 0 saturated heterocycles. The van der Waals surface area contributed by atoms with E-state index in [0.717, 1.165) is 11.0 Å². The van der Waals surface area contributed by atoms with Crippen molar-refractivity contribution < 1.29 is 17.6 Å². The van der Waals surface area contributed by atoms with E-state index >= 15 is 0 Å². The number of benzene rings is 2. The van der Waals surface area contributed by atoms with Gasteiger partial charge in [0.05, 0.1) is 18.0 Å². The van der Waals surface area contributed by atoms with Crippen molar-refractivity contribution in [3.63, 3.8) is 0 Å². The average molecular weight is 345 g/mol. The van der Waals surface area contributed by atoms with Crippen LogP contribution in [0, 0.1) is 0 Å². The Morgan fingerprint density at radius 2 is 1.75 bits per heavy atom. The van der Waals surface area contributed by atoms with Crippen LogP contribution >= 0.6 is 0 Å². The van der Waals surface area contributed by atoms with E-state index in [-0.39, 0.29) is 4.90 Å². The Kier molecular flexibility index (Phi) is 4.34.